The number of rotatable bonds is 2. The van der Waals surface area contributed by atoms with Gasteiger partial charge < -0.3 is 0 Å². The number of benzene rings is 2. The Hall–Kier alpha value is -2.60. The highest BCUT2D eigenvalue weighted by atomic mass is 35.5. The van der Waals surface area contributed by atoms with E-state index >= 15 is 0 Å². The topological polar surface area (TPSA) is 37.4 Å². The van der Waals surface area contributed by atoms with Crippen molar-refractivity contribution >= 4 is 29.0 Å². The van der Waals surface area contributed by atoms with Crippen LogP contribution >= 0.6 is 11.6 Å². The van der Waals surface area contributed by atoms with Gasteiger partial charge in [0.2, 0.25) is 5.91 Å². The van der Waals surface area contributed by atoms with Crippen LogP contribution < -0.4 is 4.90 Å². The van der Waals surface area contributed by atoms with Gasteiger partial charge >= 0.3 is 6.18 Å². The molecule has 2 aromatic rings. The maximum atomic E-state index is 13.1. The Kier molecular flexibility index (Phi) is 5.22. The normalized spacial score (nSPS) is 19.9. The summed E-state index contributed by atoms with van der Waals surface area (Å²) in [5, 5.41) is 0.523. The molecule has 0 radical (unpaired) electrons. The molecule has 1 aliphatic carbocycles. The number of alkyl halides is 3. The Morgan fingerprint density at radius 1 is 1.03 bits per heavy atom. The summed E-state index contributed by atoms with van der Waals surface area (Å²) in [6, 6.07) is 10.0. The lowest BCUT2D eigenvalue weighted by Gasteiger charge is -2.38. The minimum Gasteiger partial charge on any atom is -0.294 e. The van der Waals surface area contributed by atoms with Gasteiger partial charge in [-0.1, -0.05) is 29.8 Å². The first-order valence-electron chi connectivity index (χ1n) is 9.69. The monoisotopic (exact) mass is 433 g/mol. The fourth-order valence-corrected chi connectivity index (χ4v) is 4.38. The first-order valence-corrected chi connectivity index (χ1v) is 10.1. The lowest BCUT2D eigenvalue weighted by Crippen LogP contribution is -2.40. The molecule has 1 atom stereocenters. The molecule has 0 spiro atoms. The first-order chi connectivity index (χ1) is 14.2. The fourth-order valence-electron chi connectivity index (χ4n) is 4.20. The third kappa shape index (κ3) is 3.65. The van der Waals surface area contributed by atoms with E-state index in [4.69, 9.17) is 11.6 Å². The number of carbonyl (C=O) groups is 2. The first kappa shape index (κ1) is 20.7. The molecule has 7 heteroatoms. The number of aryl methyl sites for hydroxylation is 1. The predicted molar refractivity (Wildman–Crippen MR) is 108 cm³/mol. The summed E-state index contributed by atoms with van der Waals surface area (Å²) >= 11 is 6.25. The predicted octanol–water partition coefficient (Wildman–Crippen LogP) is 6.19. The fraction of sp³-hybridized carbons (Fsp3) is 0.304. The van der Waals surface area contributed by atoms with Crippen molar-refractivity contribution in [2.45, 2.75) is 44.7 Å². The number of hydrogen-bond acceptors (Lipinski definition) is 2. The van der Waals surface area contributed by atoms with E-state index in [1.165, 1.54) is 12.1 Å². The molecular weight excluding hydrogens is 415 g/mol. The molecule has 2 aliphatic rings. The summed E-state index contributed by atoms with van der Waals surface area (Å²) in [5.74, 6) is -0.801. The molecule has 1 heterocycles. The second kappa shape index (κ2) is 7.58. The average Bonchev–Trinajstić information content (AvgIpc) is 2.69. The van der Waals surface area contributed by atoms with E-state index in [1.54, 1.807) is 17.0 Å². The zero-order valence-electron chi connectivity index (χ0n) is 16.2. The highest BCUT2D eigenvalue weighted by Crippen LogP contribution is 2.44. The quantitative estimate of drug-likeness (QED) is 0.566. The zero-order valence-corrected chi connectivity index (χ0v) is 17.0. The summed E-state index contributed by atoms with van der Waals surface area (Å²) in [7, 11) is 0. The van der Waals surface area contributed by atoms with Gasteiger partial charge in [0.05, 0.1) is 11.3 Å². The number of carbonyl (C=O) groups excluding carboxylic acids is 2. The molecule has 0 aromatic heterocycles. The molecular formula is C23H19ClF3NO2. The second-order valence-corrected chi connectivity index (χ2v) is 8.08. The molecule has 0 fully saturated rings. The van der Waals surface area contributed by atoms with E-state index in [0.29, 0.717) is 46.8 Å². The summed E-state index contributed by atoms with van der Waals surface area (Å²) in [6.07, 6.45) is -2.88. The SMILES string of the molecule is Cc1ccc(N2C(=O)CC(c3ccc(C(F)(F)F)cc3)C3=C2CCCC3=O)cc1Cl. The van der Waals surface area contributed by atoms with Crippen LogP contribution in [0.15, 0.2) is 53.7 Å². The van der Waals surface area contributed by atoms with Crippen LogP contribution in [0.3, 0.4) is 0 Å². The van der Waals surface area contributed by atoms with Crippen LogP contribution in [-0.2, 0) is 15.8 Å². The molecule has 30 heavy (non-hydrogen) atoms. The van der Waals surface area contributed by atoms with Crippen LogP contribution in [0, 0.1) is 6.92 Å². The smallest absolute Gasteiger partial charge is 0.294 e. The Bertz CT molecular complexity index is 1060. The van der Waals surface area contributed by atoms with E-state index in [9.17, 15) is 22.8 Å². The minimum atomic E-state index is -4.44. The van der Waals surface area contributed by atoms with Gasteiger partial charge in [0.15, 0.2) is 5.78 Å². The third-order valence-corrected chi connectivity index (χ3v) is 6.14. The van der Waals surface area contributed by atoms with Crippen molar-refractivity contribution in [2.75, 3.05) is 4.90 Å². The molecule has 0 saturated carbocycles. The highest BCUT2D eigenvalue weighted by Gasteiger charge is 2.40. The van der Waals surface area contributed by atoms with Gasteiger partial charge in [-0.25, -0.2) is 0 Å². The number of Topliss-reactive ketones (excluding diaryl/α,β-unsaturated/α-hetero) is 1. The third-order valence-electron chi connectivity index (χ3n) is 5.73. The molecule has 156 valence electrons. The van der Waals surface area contributed by atoms with Crippen LogP contribution in [0.25, 0.3) is 0 Å². The van der Waals surface area contributed by atoms with Gasteiger partial charge in [0, 0.05) is 35.1 Å². The Balaban J connectivity index is 1.80. The van der Waals surface area contributed by atoms with Crippen molar-refractivity contribution in [3.05, 3.63) is 75.4 Å². The number of halogens is 4. The van der Waals surface area contributed by atoms with Crippen molar-refractivity contribution in [1.82, 2.24) is 0 Å². The summed E-state index contributed by atoms with van der Waals surface area (Å²) in [6.45, 7) is 1.86. The minimum absolute atomic E-state index is 0.0153. The van der Waals surface area contributed by atoms with Gasteiger partial charge in [-0.05, 0) is 55.2 Å². The van der Waals surface area contributed by atoms with Crippen molar-refractivity contribution in [3.63, 3.8) is 0 Å². The average molecular weight is 434 g/mol. The number of amides is 1. The Labute approximate surface area is 177 Å². The molecule has 2 aromatic carbocycles. The van der Waals surface area contributed by atoms with Gasteiger partial charge in [-0.3, -0.25) is 14.5 Å². The molecule has 4 rings (SSSR count). The van der Waals surface area contributed by atoms with Crippen LogP contribution in [0.4, 0.5) is 18.9 Å². The molecule has 0 N–H and O–H groups in total. The van der Waals surface area contributed by atoms with E-state index in [0.717, 1.165) is 17.7 Å². The zero-order chi connectivity index (χ0) is 21.6. The van der Waals surface area contributed by atoms with Crippen molar-refractivity contribution in [1.29, 1.82) is 0 Å². The molecule has 0 bridgehead atoms. The molecule has 1 unspecified atom stereocenters. The largest absolute Gasteiger partial charge is 0.416 e. The highest BCUT2D eigenvalue weighted by molar-refractivity contribution is 6.31. The number of ketones is 1. The van der Waals surface area contributed by atoms with Crippen LogP contribution in [-0.4, -0.2) is 11.7 Å². The second-order valence-electron chi connectivity index (χ2n) is 7.68. The van der Waals surface area contributed by atoms with E-state index in [-0.39, 0.29) is 18.1 Å². The Morgan fingerprint density at radius 3 is 2.37 bits per heavy atom. The summed E-state index contributed by atoms with van der Waals surface area (Å²) in [5.41, 5.74) is 2.42. The van der Waals surface area contributed by atoms with Crippen molar-refractivity contribution < 1.29 is 22.8 Å². The summed E-state index contributed by atoms with van der Waals surface area (Å²) < 4.78 is 38.8. The van der Waals surface area contributed by atoms with Crippen LogP contribution in [0.5, 0.6) is 0 Å². The van der Waals surface area contributed by atoms with Crippen molar-refractivity contribution in [3.8, 4) is 0 Å². The number of hydrogen-bond donors (Lipinski definition) is 0. The lowest BCUT2D eigenvalue weighted by atomic mass is 9.77. The summed E-state index contributed by atoms with van der Waals surface area (Å²) in [4.78, 5) is 27.5. The molecule has 1 amide bonds. The van der Waals surface area contributed by atoms with Gasteiger partial charge in [0.25, 0.3) is 0 Å². The maximum Gasteiger partial charge on any atom is 0.416 e. The number of nitrogens with zero attached hydrogens (tertiary/aromatic N) is 1. The van der Waals surface area contributed by atoms with Gasteiger partial charge in [0.1, 0.15) is 0 Å². The van der Waals surface area contributed by atoms with E-state index < -0.39 is 17.7 Å². The number of anilines is 1. The Morgan fingerprint density at radius 2 is 1.73 bits per heavy atom. The lowest BCUT2D eigenvalue weighted by molar-refractivity contribution is -0.137. The van der Waals surface area contributed by atoms with Crippen LogP contribution in [0.2, 0.25) is 5.02 Å². The van der Waals surface area contributed by atoms with Gasteiger partial charge in [-0.2, -0.15) is 13.2 Å². The van der Waals surface area contributed by atoms with Crippen LogP contribution in [0.1, 0.15) is 48.3 Å². The molecule has 3 nitrogen and oxygen atoms in total. The van der Waals surface area contributed by atoms with Crippen molar-refractivity contribution in [2.24, 2.45) is 0 Å². The van der Waals surface area contributed by atoms with Gasteiger partial charge in [-0.15, -0.1) is 0 Å². The maximum absolute atomic E-state index is 13.1. The van der Waals surface area contributed by atoms with E-state index in [1.807, 2.05) is 13.0 Å². The standard InChI is InChI=1S/C23H19ClF3NO2/c1-13-5-10-16(11-18(13)24)28-19-3-2-4-20(29)22(19)17(12-21(28)30)14-6-8-15(9-7-14)23(25,26)27/h5-11,17H,2-4,12H2,1H3. The molecule has 0 saturated heterocycles. The number of allylic oxidation sites excluding steroid dienone is 2. The van der Waals surface area contributed by atoms with E-state index in [2.05, 4.69) is 0 Å². The molecule has 1 aliphatic heterocycles.